The van der Waals surface area contributed by atoms with E-state index in [2.05, 4.69) is 4.98 Å². The van der Waals surface area contributed by atoms with Crippen molar-refractivity contribution in [2.24, 2.45) is 0 Å². The Kier molecular flexibility index (Phi) is 11.6. The molecule has 2 aromatic rings. The van der Waals surface area contributed by atoms with Crippen molar-refractivity contribution in [3.63, 3.8) is 0 Å². The van der Waals surface area contributed by atoms with Crippen LogP contribution in [0.4, 0.5) is 4.39 Å². The number of nitrogens with zero attached hydrogens (tertiary/aromatic N) is 2. The molecule has 1 aliphatic heterocycles. The smallest absolute Gasteiger partial charge is 0.123 e. The minimum atomic E-state index is -1.32. The van der Waals surface area contributed by atoms with Crippen LogP contribution in [0.15, 0.2) is 24.3 Å². The van der Waals surface area contributed by atoms with Crippen molar-refractivity contribution < 1.29 is 29.6 Å². The van der Waals surface area contributed by atoms with Crippen LogP contribution in [-0.4, -0.2) is 81.0 Å². The highest BCUT2D eigenvalue weighted by Crippen LogP contribution is 2.28. The summed E-state index contributed by atoms with van der Waals surface area (Å²) in [5, 5.41) is 40.2. The fourth-order valence-corrected chi connectivity index (χ4v) is 4.72. The summed E-state index contributed by atoms with van der Waals surface area (Å²) >= 11 is 1.58. The van der Waals surface area contributed by atoms with Crippen LogP contribution in [-0.2, 0) is 11.3 Å². The number of unbranched alkanes of at least 4 members (excludes halogenated alkanes) is 3. The molecule has 1 aromatic carbocycles. The Morgan fingerprint density at radius 2 is 1.61 bits per heavy atom. The van der Waals surface area contributed by atoms with Gasteiger partial charge in [-0.2, -0.15) is 0 Å². The average Bonchev–Trinajstić information content (AvgIpc) is 3.11. The first-order valence-electron chi connectivity index (χ1n) is 11.1. The largest absolute Gasteiger partial charge is 0.389 e. The number of likely N-dealkylation sites (tertiary alicyclic amines) is 1. The number of thiazole rings is 1. The minimum absolute atomic E-state index is 0. The summed E-state index contributed by atoms with van der Waals surface area (Å²) in [7, 11) is 0. The van der Waals surface area contributed by atoms with E-state index in [9.17, 15) is 24.8 Å². The molecule has 1 saturated heterocycles. The van der Waals surface area contributed by atoms with E-state index in [0.717, 1.165) is 46.8 Å². The first kappa shape index (κ1) is 28.1. The highest BCUT2D eigenvalue weighted by Gasteiger charge is 2.35. The number of hydrogen-bond acceptors (Lipinski definition) is 8. The predicted octanol–water partition coefficient (Wildman–Crippen LogP) is 2.52. The molecule has 0 aliphatic carbocycles. The summed E-state index contributed by atoms with van der Waals surface area (Å²) in [4.78, 5) is 7.61. The molecule has 2 heterocycles. The molecule has 0 bridgehead atoms. The van der Waals surface area contributed by atoms with Crippen LogP contribution >= 0.6 is 23.7 Å². The standard InChI is InChI=1S/C23H33FN2O5S.ClH/c1-15-18(25-23(32-15)16-6-8-17(24)9-7-16)14-31-11-5-3-2-4-10-26-12-19(27)21(29)22(30)20(28)13-26;/h6-9,19-22,27-30H,2-5,10-14H2,1H3;1H/t19-,20-,21+,22+;/m0./s1. The Hall–Kier alpha value is -1.17. The number of ether oxygens (including phenoxy) is 1. The Morgan fingerprint density at radius 3 is 2.24 bits per heavy atom. The van der Waals surface area contributed by atoms with E-state index in [4.69, 9.17) is 4.74 Å². The van der Waals surface area contributed by atoms with Gasteiger partial charge in [-0.1, -0.05) is 12.8 Å². The highest BCUT2D eigenvalue weighted by atomic mass is 35.5. The molecule has 1 aliphatic rings. The zero-order valence-electron chi connectivity index (χ0n) is 18.8. The normalized spacial score (nSPS) is 23.8. The van der Waals surface area contributed by atoms with Crippen LogP contribution < -0.4 is 0 Å². The van der Waals surface area contributed by atoms with E-state index in [0.29, 0.717) is 19.8 Å². The molecule has 0 unspecified atom stereocenters. The van der Waals surface area contributed by atoms with Gasteiger partial charge in [0.05, 0.1) is 24.5 Å². The van der Waals surface area contributed by atoms with Crippen molar-refractivity contribution in [1.82, 2.24) is 9.88 Å². The maximum atomic E-state index is 13.1. The Labute approximate surface area is 204 Å². The molecule has 4 N–H and O–H groups in total. The van der Waals surface area contributed by atoms with Crippen molar-refractivity contribution in [3.05, 3.63) is 40.7 Å². The molecule has 0 radical (unpaired) electrons. The van der Waals surface area contributed by atoms with Gasteiger partial charge in [-0.3, -0.25) is 4.90 Å². The lowest BCUT2D eigenvalue weighted by Crippen LogP contribution is -2.43. The number of aliphatic hydroxyl groups is 4. The fourth-order valence-electron chi connectivity index (χ4n) is 3.80. The SMILES string of the molecule is Cc1sc(-c2ccc(F)cc2)nc1COCCCCCCN1C[C@H](O)[C@@H](O)[C@H](O)[C@@H](O)C1.Cl. The van der Waals surface area contributed by atoms with Crippen molar-refractivity contribution in [1.29, 1.82) is 0 Å². The number of rotatable bonds is 10. The molecule has 186 valence electrons. The lowest BCUT2D eigenvalue weighted by atomic mass is 10.1. The highest BCUT2D eigenvalue weighted by molar-refractivity contribution is 7.15. The molecule has 0 amide bonds. The third-order valence-electron chi connectivity index (χ3n) is 5.76. The maximum Gasteiger partial charge on any atom is 0.123 e. The van der Waals surface area contributed by atoms with Gasteiger partial charge in [0.2, 0.25) is 0 Å². The fraction of sp³-hybridized carbons (Fsp3) is 0.609. The number of benzene rings is 1. The third-order valence-corrected chi connectivity index (χ3v) is 6.83. The molecule has 10 heteroatoms. The Balaban J connectivity index is 0.00000385. The van der Waals surface area contributed by atoms with E-state index in [1.165, 1.54) is 12.1 Å². The summed E-state index contributed by atoms with van der Waals surface area (Å²) < 4.78 is 18.9. The third kappa shape index (κ3) is 8.22. The van der Waals surface area contributed by atoms with Crippen LogP contribution in [0.3, 0.4) is 0 Å². The monoisotopic (exact) mass is 504 g/mol. The van der Waals surface area contributed by atoms with Crippen LogP contribution in [0.5, 0.6) is 0 Å². The molecular weight excluding hydrogens is 471 g/mol. The van der Waals surface area contributed by atoms with E-state index < -0.39 is 24.4 Å². The van der Waals surface area contributed by atoms with E-state index in [1.54, 1.807) is 23.5 Å². The molecule has 7 nitrogen and oxygen atoms in total. The van der Waals surface area contributed by atoms with Gasteiger partial charge >= 0.3 is 0 Å². The second kappa shape index (κ2) is 13.7. The molecule has 33 heavy (non-hydrogen) atoms. The van der Waals surface area contributed by atoms with E-state index >= 15 is 0 Å². The first-order valence-corrected chi connectivity index (χ1v) is 11.9. The minimum Gasteiger partial charge on any atom is -0.389 e. The zero-order chi connectivity index (χ0) is 23.1. The van der Waals surface area contributed by atoms with Crippen LogP contribution in [0.2, 0.25) is 0 Å². The molecule has 1 aromatic heterocycles. The lowest BCUT2D eigenvalue weighted by Gasteiger charge is -2.23. The van der Waals surface area contributed by atoms with Crippen LogP contribution in [0.25, 0.3) is 10.6 Å². The van der Waals surface area contributed by atoms with Crippen molar-refractivity contribution in [2.45, 2.75) is 63.6 Å². The summed E-state index contributed by atoms with van der Waals surface area (Å²) in [6.45, 7) is 4.29. The maximum absolute atomic E-state index is 13.1. The molecule has 0 saturated carbocycles. The topological polar surface area (TPSA) is 106 Å². The van der Waals surface area contributed by atoms with Gasteiger partial charge in [0.1, 0.15) is 23.0 Å². The van der Waals surface area contributed by atoms with E-state index in [-0.39, 0.29) is 31.3 Å². The van der Waals surface area contributed by atoms with E-state index in [1.807, 2.05) is 11.8 Å². The van der Waals surface area contributed by atoms with Gasteiger partial charge in [-0.15, -0.1) is 23.7 Å². The van der Waals surface area contributed by atoms with Gasteiger partial charge in [-0.25, -0.2) is 9.37 Å². The first-order chi connectivity index (χ1) is 15.3. The Bertz CT molecular complexity index is 825. The number of hydrogen-bond donors (Lipinski definition) is 4. The number of aromatic nitrogens is 1. The molecule has 3 rings (SSSR count). The van der Waals surface area contributed by atoms with Gasteiger partial charge in [0.25, 0.3) is 0 Å². The Morgan fingerprint density at radius 1 is 1.00 bits per heavy atom. The summed E-state index contributed by atoms with van der Waals surface area (Å²) in [5.41, 5.74) is 1.82. The zero-order valence-corrected chi connectivity index (χ0v) is 20.4. The van der Waals surface area contributed by atoms with Crippen molar-refractivity contribution in [2.75, 3.05) is 26.2 Å². The van der Waals surface area contributed by atoms with Gasteiger partial charge < -0.3 is 25.2 Å². The molecule has 0 spiro atoms. The van der Waals surface area contributed by atoms with Crippen LogP contribution in [0, 0.1) is 12.7 Å². The summed E-state index contributed by atoms with van der Waals surface area (Å²) in [5.74, 6) is -0.259. The molecule has 1 fully saturated rings. The van der Waals surface area contributed by atoms with Gasteiger partial charge in [0, 0.05) is 30.1 Å². The summed E-state index contributed by atoms with van der Waals surface area (Å²) in [6.07, 6.45) is -0.945. The molecular formula is C23H34ClFN2O5S. The number of β-amino-alcohol motifs (C(OH)–C–C–N with tert-alkyl or cyclic N) is 2. The molecule has 4 atom stereocenters. The van der Waals surface area contributed by atoms with Crippen molar-refractivity contribution >= 4 is 23.7 Å². The second-order valence-corrected chi connectivity index (χ2v) is 9.57. The van der Waals surface area contributed by atoms with Crippen LogP contribution in [0.1, 0.15) is 36.3 Å². The predicted molar refractivity (Wildman–Crippen MR) is 128 cm³/mol. The van der Waals surface area contributed by atoms with Gasteiger partial charge in [0.15, 0.2) is 0 Å². The lowest BCUT2D eigenvalue weighted by molar-refractivity contribution is -0.0894. The van der Waals surface area contributed by atoms with Gasteiger partial charge in [-0.05, 0) is 50.6 Å². The van der Waals surface area contributed by atoms with Crippen molar-refractivity contribution in [3.8, 4) is 10.6 Å². The second-order valence-electron chi connectivity index (χ2n) is 8.37. The number of halogens is 2. The number of aliphatic hydroxyl groups excluding tert-OH is 4. The summed E-state index contributed by atoms with van der Waals surface area (Å²) in [6, 6.07) is 6.34. The average molecular weight is 505 g/mol. The number of aryl methyl sites for hydroxylation is 1. The quantitative estimate of drug-likeness (QED) is 0.368.